The van der Waals surface area contributed by atoms with Gasteiger partial charge in [0.15, 0.2) is 0 Å². The van der Waals surface area contributed by atoms with Crippen LogP contribution in [0.4, 0.5) is 13.2 Å². The highest BCUT2D eigenvalue weighted by Gasteiger charge is 2.47. The van der Waals surface area contributed by atoms with Gasteiger partial charge in [-0.2, -0.15) is 0 Å². The Morgan fingerprint density at radius 1 is 1.07 bits per heavy atom. The Balaban J connectivity index is 1.45. The van der Waals surface area contributed by atoms with Crippen LogP contribution >= 0.6 is 0 Å². The van der Waals surface area contributed by atoms with Crippen molar-refractivity contribution in [2.45, 2.75) is 45.0 Å². The van der Waals surface area contributed by atoms with E-state index in [0.29, 0.717) is 5.56 Å². The molecule has 3 rings (SSSR count). The van der Waals surface area contributed by atoms with Gasteiger partial charge >= 0.3 is 6.36 Å². The Kier molecular flexibility index (Phi) is 5.90. The van der Waals surface area contributed by atoms with Gasteiger partial charge in [0.25, 0.3) is 0 Å². The quantitative estimate of drug-likeness (QED) is 0.748. The van der Waals surface area contributed by atoms with Gasteiger partial charge in [0.05, 0.1) is 11.8 Å². The second-order valence-corrected chi connectivity index (χ2v) is 7.04. The van der Waals surface area contributed by atoms with Crippen LogP contribution < -0.4 is 10.1 Å². The van der Waals surface area contributed by atoms with Crippen molar-refractivity contribution in [1.82, 2.24) is 10.2 Å². The van der Waals surface area contributed by atoms with E-state index in [1.165, 1.54) is 17.0 Å². The summed E-state index contributed by atoms with van der Waals surface area (Å²) in [5, 5.41) is 2.63. The Bertz CT molecular complexity index is 725. The highest BCUT2D eigenvalue weighted by atomic mass is 19.4. The molecule has 1 aromatic rings. The van der Waals surface area contributed by atoms with E-state index in [-0.39, 0.29) is 54.8 Å². The molecule has 0 spiro atoms. The number of halogens is 3. The minimum Gasteiger partial charge on any atom is -0.406 e. The largest absolute Gasteiger partial charge is 0.573 e. The molecule has 2 fully saturated rings. The lowest BCUT2D eigenvalue weighted by Crippen LogP contribution is -2.35. The third-order valence-corrected chi connectivity index (χ3v) is 5.14. The van der Waals surface area contributed by atoms with Gasteiger partial charge in [0.2, 0.25) is 17.7 Å². The fourth-order valence-electron chi connectivity index (χ4n) is 3.76. The van der Waals surface area contributed by atoms with Crippen LogP contribution in [0.1, 0.15) is 37.7 Å². The molecule has 1 aromatic carbocycles. The van der Waals surface area contributed by atoms with E-state index in [1.807, 2.05) is 0 Å². The number of hydrogen-bond acceptors (Lipinski definition) is 4. The fraction of sp³-hybridized carbons (Fsp3) is 0.526. The third kappa shape index (κ3) is 4.82. The zero-order valence-corrected chi connectivity index (χ0v) is 15.1. The molecular formula is C19H21F3N2O4. The molecule has 1 N–H and O–H groups in total. The van der Waals surface area contributed by atoms with E-state index in [0.717, 1.165) is 37.8 Å². The normalized spacial score (nSPS) is 22.2. The van der Waals surface area contributed by atoms with E-state index in [2.05, 4.69) is 10.1 Å². The van der Waals surface area contributed by atoms with Crippen molar-refractivity contribution in [1.29, 1.82) is 0 Å². The van der Waals surface area contributed by atoms with Crippen LogP contribution in [0.2, 0.25) is 0 Å². The molecule has 1 aliphatic heterocycles. The number of alkyl halides is 3. The summed E-state index contributed by atoms with van der Waals surface area (Å²) in [6.45, 7) is 0.174. The summed E-state index contributed by atoms with van der Waals surface area (Å²) < 4.78 is 40.2. The second kappa shape index (κ2) is 8.20. The van der Waals surface area contributed by atoms with E-state index in [4.69, 9.17) is 0 Å². The Hall–Kier alpha value is -2.58. The Morgan fingerprint density at radius 3 is 2.18 bits per heavy atom. The molecule has 2 aliphatic rings. The van der Waals surface area contributed by atoms with Crippen molar-refractivity contribution in [3.63, 3.8) is 0 Å². The lowest BCUT2D eigenvalue weighted by Gasteiger charge is -2.19. The summed E-state index contributed by atoms with van der Waals surface area (Å²) in [6.07, 6.45) is -1.41. The van der Waals surface area contributed by atoms with Crippen molar-refractivity contribution in [2.75, 3.05) is 6.54 Å². The second-order valence-electron chi connectivity index (χ2n) is 7.04. The van der Waals surface area contributed by atoms with E-state index in [1.54, 1.807) is 0 Å². The highest BCUT2D eigenvalue weighted by molar-refractivity contribution is 6.05. The van der Waals surface area contributed by atoms with E-state index < -0.39 is 6.36 Å². The molecule has 0 unspecified atom stereocenters. The van der Waals surface area contributed by atoms with E-state index >= 15 is 0 Å². The molecule has 1 saturated heterocycles. The maximum absolute atomic E-state index is 12.4. The van der Waals surface area contributed by atoms with Gasteiger partial charge in [0, 0.05) is 19.5 Å². The first-order valence-corrected chi connectivity index (χ1v) is 9.21. The Morgan fingerprint density at radius 2 is 1.64 bits per heavy atom. The number of nitrogens with one attached hydrogen (secondary N) is 1. The van der Waals surface area contributed by atoms with Crippen LogP contribution in [-0.2, 0) is 20.9 Å². The first kappa shape index (κ1) is 20.2. The molecule has 2 atom stereocenters. The zero-order valence-electron chi connectivity index (χ0n) is 15.1. The van der Waals surface area contributed by atoms with Gasteiger partial charge in [0.1, 0.15) is 5.75 Å². The summed E-state index contributed by atoms with van der Waals surface area (Å²) in [6, 6.07) is 5.16. The van der Waals surface area contributed by atoms with Crippen LogP contribution in [0.3, 0.4) is 0 Å². The van der Waals surface area contributed by atoms with Crippen molar-refractivity contribution >= 4 is 17.7 Å². The van der Waals surface area contributed by atoms with E-state index in [9.17, 15) is 27.6 Å². The maximum atomic E-state index is 12.4. The van der Waals surface area contributed by atoms with Gasteiger partial charge in [-0.25, -0.2) is 0 Å². The molecule has 1 heterocycles. The molecule has 1 aliphatic carbocycles. The predicted molar refractivity (Wildman–Crippen MR) is 91.8 cm³/mol. The third-order valence-electron chi connectivity index (χ3n) is 5.14. The number of amides is 3. The standard InChI is InChI=1S/C19H21F3N2O4/c20-19(21,22)28-13-7-5-12(6-8-13)11-23-16(25)9-10-24-17(26)14-3-1-2-4-15(14)18(24)27/h5-8,14-15H,1-4,9-11H2,(H,23,25)/t14-,15+. The van der Waals surface area contributed by atoms with Crippen molar-refractivity contribution in [3.05, 3.63) is 29.8 Å². The van der Waals surface area contributed by atoms with Crippen molar-refractivity contribution < 1.29 is 32.3 Å². The number of benzene rings is 1. The van der Waals surface area contributed by atoms with Gasteiger partial charge in [-0.15, -0.1) is 13.2 Å². The summed E-state index contributed by atoms with van der Waals surface area (Å²) in [7, 11) is 0. The first-order chi connectivity index (χ1) is 13.2. The molecule has 0 radical (unpaired) electrons. The zero-order chi connectivity index (χ0) is 20.3. The van der Waals surface area contributed by atoms with Crippen molar-refractivity contribution in [3.8, 4) is 5.75 Å². The first-order valence-electron chi connectivity index (χ1n) is 9.21. The molecule has 152 valence electrons. The summed E-state index contributed by atoms with van der Waals surface area (Å²) in [5.41, 5.74) is 0.599. The average molecular weight is 398 g/mol. The number of hydrogen-bond donors (Lipinski definition) is 1. The van der Waals surface area contributed by atoms with Crippen molar-refractivity contribution in [2.24, 2.45) is 11.8 Å². The molecule has 0 bridgehead atoms. The maximum Gasteiger partial charge on any atom is 0.573 e. The van der Waals surface area contributed by atoms with Crippen LogP contribution in [-0.4, -0.2) is 35.5 Å². The summed E-state index contributed by atoms with van der Waals surface area (Å²) in [4.78, 5) is 37.9. The molecule has 9 heteroatoms. The number of carbonyl (C=O) groups excluding carboxylic acids is 3. The lowest BCUT2D eigenvalue weighted by atomic mass is 9.81. The average Bonchev–Trinajstić information content (AvgIpc) is 2.89. The fourth-order valence-corrected chi connectivity index (χ4v) is 3.76. The SMILES string of the molecule is O=C(CCN1C(=O)[C@H]2CCCC[C@H]2C1=O)NCc1ccc(OC(F)(F)F)cc1. The number of rotatable bonds is 6. The topological polar surface area (TPSA) is 75.7 Å². The lowest BCUT2D eigenvalue weighted by molar-refractivity contribution is -0.274. The van der Waals surface area contributed by atoms with Crippen LogP contribution in [0, 0.1) is 11.8 Å². The molecular weight excluding hydrogens is 377 g/mol. The molecule has 1 saturated carbocycles. The number of likely N-dealkylation sites (tertiary alicyclic amines) is 1. The molecule has 3 amide bonds. The van der Waals surface area contributed by atoms with Gasteiger partial charge in [-0.1, -0.05) is 25.0 Å². The number of carbonyl (C=O) groups is 3. The smallest absolute Gasteiger partial charge is 0.406 e. The number of imide groups is 1. The minimum atomic E-state index is -4.75. The molecule has 28 heavy (non-hydrogen) atoms. The monoisotopic (exact) mass is 398 g/mol. The number of nitrogens with zero attached hydrogens (tertiary/aromatic N) is 1. The summed E-state index contributed by atoms with van der Waals surface area (Å²) >= 11 is 0. The minimum absolute atomic E-state index is 0.00775. The number of ether oxygens (including phenoxy) is 1. The Labute approximate surface area is 160 Å². The highest BCUT2D eigenvalue weighted by Crippen LogP contribution is 2.37. The summed E-state index contributed by atoms with van der Waals surface area (Å²) in [5.74, 6) is -1.50. The predicted octanol–water partition coefficient (Wildman–Crippen LogP) is 2.77. The number of fused-ring (bicyclic) bond motifs is 1. The van der Waals surface area contributed by atoms with Crippen LogP contribution in [0.5, 0.6) is 5.75 Å². The van der Waals surface area contributed by atoms with Gasteiger partial charge in [-0.3, -0.25) is 19.3 Å². The molecule has 6 nitrogen and oxygen atoms in total. The molecule has 0 aromatic heterocycles. The van der Waals surface area contributed by atoms with Gasteiger partial charge in [-0.05, 0) is 30.5 Å². The van der Waals surface area contributed by atoms with Crippen LogP contribution in [0.15, 0.2) is 24.3 Å². The van der Waals surface area contributed by atoms with Gasteiger partial charge < -0.3 is 10.1 Å². The van der Waals surface area contributed by atoms with Crippen LogP contribution in [0.25, 0.3) is 0 Å².